The van der Waals surface area contributed by atoms with Crippen molar-refractivity contribution < 1.29 is 19.4 Å². The van der Waals surface area contributed by atoms with E-state index < -0.39 is 6.10 Å². The SMILES string of the molecule is CCOc1ccccc1N1CCN(CC(O)CNC(=O)c2cccnc2Oc2ccc(C)cc2)CC1. The van der Waals surface area contributed by atoms with Crippen LogP contribution in [0.5, 0.6) is 17.4 Å². The number of para-hydroxylation sites is 2. The van der Waals surface area contributed by atoms with Gasteiger partial charge in [0.2, 0.25) is 5.88 Å². The third-order valence-corrected chi connectivity index (χ3v) is 6.10. The van der Waals surface area contributed by atoms with E-state index in [1.54, 1.807) is 18.3 Å². The fourth-order valence-electron chi connectivity index (χ4n) is 4.20. The van der Waals surface area contributed by atoms with Crippen molar-refractivity contribution in [1.82, 2.24) is 15.2 Å². The Balaban J connectivity index is 1.26. The average Bonchev–Trinajstić information content (AvgIpc) is 2.90. The number of rotatable bonds is 10. The molecule has 1 unspecified atom stereocenters. The number of hydrogen-bond donors (Lipinski definition) is 2. The van der Waals surface area contributed by atoms with E-state index >= 15 is 0 Å². The molecule has 3 aromatic rings. The number of β-amino-alcohol motifs (C(OH)–C–C–N with tert-alkyl or cyclic N) is 1. The van der Waals surface area contributed by atoms with Gasteiger partial charge in [-0.15, -0.1) is 0 Å². The van der Waals surface area contributed by atoms with Crippen molar-refractivity contribution in [1.29, 1.82) is 0 Å². The Morgan fingerprint density at radius 1 is 1.06 bits per heavy atom. The number of nitrogens with zero attached hydrogens (tertiary/aromatic N) is 3. The highest BCUT2D eigenvalue weighted by molar-refractivity contribution is 5.96. The van der Waals surface area contributed by atoms with Gasteiger partial charge in [0.15, 0.2) is 0 Å². The van der Waals surface area contributed by atoms with E-state index in [9.17, 15) is 9.90 Å². The lowest BCUT2D eigenvalue weighted by Crippen LogP contribution is -2.50. The summed E-state index contributed by atoms with van der Waals surface area (Å²) in [6.07, 6.45) is 0.899. The fraction of sp³-hybridized carbons (Fsp3) is 0.357. The number of carbonyl (C=O) groups excluding carboxylic acids is 1. The molecule has 0 saturated carbocycles. The quantitative estimate of drug-likeness (QED) is 0.450. The summed E-state index contributed by atoms with van der Waals surface area (Å²) in [5.41, 5.74) is 2.55. The number of aliphatic hydroxyl groups is 1. The second kappa shape index (κ2) is 12.4. The molecule has 0 spiro atoms. The Kier molecular flexibility index (Phi) is 8.76. The molecule has 0 aliphatic carbocycles. The number of ether oxygens (including phenoxy) is 2. The molecule has 1 aliphatic heterocycles. The molecular weight excluding hydrogens is 456 g/mol. The summed E-state index contributed by atoms with van der Waals surface area (Å²) in [4.78, 5) is 21.6. The van der Waals surface area contributed by atoms with E-state index in [1.807, 2.05) is 56.3 Å². The minimum atomic E-state index is -0.686. The van der Waals surface area contributed by atoms with E-state index in [-0.39, 0.29) is 18.3 Å². The van der Waals surface area contributed by atoms with Crippen LogP contribution in [0.15, 0.2) is 66.9 Å². The summed E-state index contributed by atoms with van der Waals surface area (Å²) in [6.45, 7) is 8.58. The predicted molar refractivity (Wildman–Crippen MR) is 140 cm³/mol. The summed E-state index contributed by atoms with van der Waals surface area (Å²) in [6, 6.07) is 19.0. The first-order valence-corrected chi connectivity index (χ1v) is 12.4. The van der Waals surface area contributed by atoms with Crippen LogP contribution in [0.3, 0.4) is 0 Å². The molecular formula is C28H34N4O4. The summed E-state index contributed by atoms with van der Waals surface area (Å²) >= 11 is 0. The number of aromatic nitrogens is 1. The van der Waals surface area contributed by atoms with Gasteiger partial charge in [-0.2, -0.15) is 0 Å². The molecule has 4 rings (SSSR count). The topological polar surface area (TPSA) is 87.2 Å². The van der Waals surface area contributed by atoms with Gasteiger partial charge in [0.25, 0.3) is 5.91 Å². The van der Waals surface area contributed by atoms with Crippen LogP contribution in [-0.2, 0) is 0 Å². The Hall–Kier alpha value is -3.62. The van der Waals surface area contributed by atoms with Crippen LogP contribution < -0.4 is 19.7 Å². The lowest BCUT2D eigenvalue weighted by atomic mass is 10.2. The summed E-state index contributed by atoms with van der Waals surface area (Å²) in [5, 5.41) is 13.4. The molecule has 0 radical (unpaired) electrons. The largest absolute Gasteiger partial charge is 0.492 e. The smallest absolute Gasteiger partial charge is 0.256 e. The molecule has 1 aromatic heterocycles. The zero-order valence-electron chi connectivity index (χ0n) is 20.9. The minimum absolute atomic E-state index is 0.144. The van der Waals surface area contributed by atoms with Crippen LogP contribution in [0.25, 0.3) is 0 Å². The van der Waals surface area contributed by atoms with Gasteiger partial charge in [-0.1, -0.05) is 29.8 Å². The number of carbonyl (C=O) groups is 1. The molecule has 190 valence electrons. The Bertz CT molecular complexity index is 1130. The zero-order chi connectivity index (χ0) is 25.3. The molecule has 2 heterocycles. The Morgan fingerprint density at radius 3 is 2.56 bits per heavy atom. The molecule has 1 saturated heterocycles. The van der Waals surface area contributed by atoms with Gasteiger partial charge in [-0.3, -0.25) is 9.69 Å². The average molecular weight is 491 g/mol. The maximum atomic E-state index is 12.8. The van der Waals surface area contributed by atoms with Crippen molar-refractivity contribution in [2.75, 3.05) is 50.8 Å². The maximum Gasteiger partial charge on any atom is 0.256 e. The number of hydrogen-bond acceptors (Lipinski definition) is 7. The van der Waals surface area contributed by atoms with Crippen molar-refractivity contribution in [2.24, 2.45) is 0 Å². The van der Waals surface area contributed by atoms with Gasteiger partial charge >= 0.3 is 0 Å². The highest BCUT2D eigenvalue weighted by Crippen LogP contribution is 2.29. The molecule has 2 aromatic carbocycles. The molecule has 2 N–H and O–H groups in total. The zero-order valence-corrected chi connectivity index (χ0v) is 20.9. The molecule has 36 heavy (non-hydrogen) atoms. The van der Waals surface area contributed by atoms with Gasteiger partial charge < -0.3 is 24.8 Å². The second-order valence-electron chi connectivity index (χ2n) is 8.82. The number of amides is 1. The summed E-state index contributed by atoms with van der Waals surface area (Å²) < 4.78 is 11.6. The molecule has 1 aliphatic rings. The van der Waals surface area contributed by atoms with E-state index in [4.69, 9.17) is 9.47 Å². The van der Waals surface area contributed by atoms with Gasteiger partial charge in [-0.05, 0) is 50.2 Å². The van der Waals surface area contributed by atoms with Crippen molar-refractivity contribution in [3.05, 3.63) is 78.0 Å². The van der Waals surface area contributed by atoms with Crippen LogP contribution in [0.2, 0.25) is 0 Å². The van der Waals surface area contributed by atoms with Crippen LogP contribution in [-0.4, -0.2) is 72.9 Å². The molecule has 8 nitrogen and oxygen atoms in total. The molecule has 8 heteroatoms. The molecule has 0 bridgehead atoms. The highest BCUT2D eigenvalue weighted by atomic mass is 16.5. The van der Waals surface area contributed by atoms with Gasteiger partial charge in [-0.25, -0.2) is 4.98 Å². The second-order valence-corrected chi connectivity index (χ2v) is 8.82. The molecule has 1 fully saturated rings. The summed E-state index contributed by atoms with van der Waals surface area (Å²) in [7, 11) is 0. The first-order valence-electron chi connectivity index (χ1n) is 12.4. The first kappa shape index (κ1) is 25.5. The first-order chi connectivity index (χ1) is 17.5. The number of piperazine rings is 1. The molecule has 1 amide bonds. The minimum Gasteiger partial charge on any atom is -0.492 e. The van der Waals surface area contributed by atoms with Crippen molar-refractivity contribution in [3.63, 3.8) is 0 Å². The Morgan fingerprint density at radius 2 is 1.81 bits per heavy atom. The third kappa shape index (κ3) is 6.74. The van der Waals surface area contributed by atoms with E-state index in [0.29, 0.717) is 24.5 Å². The maximum absolute atomic E-state index is 12.8. The predicted octanol–water partition coefficient (Wildman–Crippen LogP) is 3.49. The van der Waals surface area contributed by atoms with Crippen LogP contribution in [0.1, 0.15) is 22.8 Å². The molecule has 1 atom stereocenters. The van der Waals surface area contributed by atoms with Crippen LogP contribution in [0.4, 0.5) is 5.69 Å². The van der Waals surface area contributed by atoms with Gasteiger partial charge in [0.1, 0.15) is 17.1 Å². The van der Waals surface area contributed by atoms with Crippen molar-refractivity contribution in [2.45, 2.75) is 20.0 Å². The van der Waals surface area contributed by atoms with Gasteiger partial charge in [0, 0.05) is 45.5 Å². The van der Waals surface area contributed by atoms with E-state index in [0.717, 1.165) is 43.2 Å². The normalized spacial score (nSPS) is 14.8. The van der Waals surface area contributed by atoms with Crippen molar-refractivity contribution >= 4 is 11.6 Å². The van der Waals surface area contributed by atoms with Crippen molar-refractivity contribution in [3.8, 4) is 17.4 Å². The lowest BCUT2D eigenvalue weighted by molar-refractivity contribution is 0.0849. The third-order valence-electron chi connectivity index (χ3n) is 6.10. The van der Waals surface area contributed by atoms with Crippen LogP contribution >= 0.6 is 0 Å². The van der Waals surface area contributed by atoms with Crippen LogP contribution in [0, 0.1) is 6.92 Å². The van der Waals surface area contributed by atoms with E-state index in [2.05, 4.69) is 26.2 Å². The number of aryl methyl sites for hydroxylation is 1. The number of benzene rings is 2. The lowest BCUT2D eigenvalue weighted by Gasteiger charge is -2.37. The number of pyridine rings is 1. The standard InChI is InChI=1S/C28H34N4O4/c1-3-35-26-9-5-4-8-25(26)32-17-15-31(16-18-32)20-22(33)19-30-27(34)24-7-6-14-29-28(24)36-23-12-10-21(2)11-13-23/h4-14,22,33H,3,15-20H2,1-2H3,(H,30,34). The Labute approximate surface area is 212 Å². The number of anilines is 1. The van der Waals surface area contributed by atoms with Gasteiger partial charge in [0.05, 0.1) is 18.4 Å². The monoisotopic (exact) mass is 490 g/mol. The van der Waals surface area contributed by atoms with E-state index in [1.165, 1.54) is 0 Å². The fourth-order valence-corrected chi connectivity index (χ4v) is 4.20. The number of nitrogens with one attached hydrogen (secondary N) is 1. The number of aliphatic hydroxyl groups excluding tert-OH is 1. The highest BCUT2D eigenvalue weighted by Gasteiger charge is 2.22. The summed E-state index contributed by atoms with van der Waals surface area (Å²) in [5.74, 6) is 1.41.